The summed E-state index contributed by atoms with van der Waals surface area (Å²) in [5, 5.41) is 4.82. The van der Waals surface area contributed by atoms with Crippen LogP contribution in [0, 0.1) is 5.92 Å². The third-order valence-corrected chi connectivity index (χ3v) is 4.31. The number of hydrogen-bond acceptors (Lipinski definition) is 3. The zero-order valence-corrected chi connectivity index (χ0v) is 12.9. The average molecular weight is 283 g/mol. The molecule has 0 amide bonds. The monoisotopic (exact) mass is 283 g/mol. The lowest BCUT2D eigenvalue weighted by atomic mass is 10.1. The Morgan fingerprint density at radius 3 is 2.81 bits per heavy atom. The first kappa shape index (κ1) is 14.3. The van der Waals surface area contributed by atoms with E-state index >= 15 is 0 Å². The second-order valence-electron chi connectivity index (χ2n) is 6.22. The number of hydrogen-bond donors (Lipinski definition) is 1. The van der Waals surface area contributed by atoms with Crippen LogP contribution in [-0.4, -0.2) is 36.1 Å². The first-order valence-electron chi connectivity index (χ1n) is 8.13. The fraction of sp³-hybridized carbons (Fsp3) is 0.500. The van der Waals surface area contributed by atoms with E-state index in [1.54, 1.807) is 0 Å². The van der Waals surface area contributed by atoms with Gasteiger partial charge in [0.1, 0.15) is 0 Å². The Labute approximate surface area is 127 Å². The summed E-state index contributed by atoms with van der Waals surface area (Å²) in [6, 6.07) is 10.4. The number of pyridine rings is 1. The molecule has 3 heteroatoms. The number of anilines is 1. The van der Waals surface area contributed by atoms with Crippen LogP contribution >= 0.6 is 0 Å². The molecule has 1 aromatic heterocycles. The zero-order valence-electron chi connectivity index (χ0n) is 12.9. The minimum absolute atomic E-state index is 0.662. The summed E-state index contributed by atoms with van der Waals surface area (Å²) < 4.78 is 0. The summed E-state index contributed by atoms with van der Waals surface area (Å²) in [6.07, 6.45) is 6.04. The number of para-hydroxylation sites is 1. The highest BCUT2D eigenvalue weighted by atomic mass is 15.1. The molecule has 3 rings (SSSR count). The molecule has 1 saturated heterocycles. The van der Waals surface area contributed by atoms with Gasteiger partial charge in [-0.25, -0.2) is 0 Å². The second-order valence-corrected chi connectivity index (χ2v) is 6.22. The molecule has 21 heavy (non-hydrogen) atoms. The van der Waals surface area contributed by atoms with Crippen molar-refractivity contribution in [1.29, 1.82) is 0 Å². The van der Waals surface area contributed by atoms with Gasteiger partial charge in [-0.2, -0.15) is 0 Å². The van der Waals surface area contributed by atoms with Crippen LogP contribution in [0.2, 0.25) is 0 Å². The Bertz CT molecular complexity index is 570. The molecular formula is C18H25N3. The summed E-state index contributed by atoms with van der Waals surface area (Å²) >= 11 is 0. The summed E-state index contributed by atoms with van der Waals surface area (Å²) in [5.41, 5.74) is 2.26. The van der Waals surface area contributed by atoms with Crippen LogP contribution < -0.4 is 5.32 Å². The predicted molar refractivity (Wildman–Crippen MR) is 89.7 cm³/mol. The van der Waals surface area contributed by atoms with Crippen LogP contribution in [0.15, 0.2) is 36.5 Å². The van der Waals surface area contributed by atoms with Gasteiger partial charge in [0.2, 0.25) is 0 Å². The number of nitrogens with one attached hydrogen (secondary N) is 1. The third kappa shape index (κ3) is 3.73. The van der Waals surface area contributed by atoms with Gasteiger partial charge >= 0.3 is 0 Å². The highest BCUT2D eigenvalue weighted by molar-refractivity contribution is 5.90. The number of rotatable bonds is 5. The smallest absolute Gasteiger partial charge is 0.0722 e. The Morgan fingerprint density at radius 2 is 1.95 bits per heavy atom. The summed E-state index contributed by atoms with van der Waals surface area (Å²) in [5.74, 6) is 0.662. The Hall–Kier alpha value is -1.61. The third-order valence-electron chi connectivity index (χ3n) is 4.31. The van der Waals surface area contributed by atoms with Crippen LogP contribution in [0.1, 0.15) is 26.2 Å². The molecule has 1 atom stereocenters. The van der Waals surface area contributed by atoms with Gasteiger partial charge in [-0.15, -0.1) is 0 Å². The van der Waals surface area contributed by atoms with E-state index < -0.39 is 0 Å². The van der Waals surface area contributed by atoms with E-state index in [4.69, 9.17) is 0 Å². The standard InChI is InChI=1S/C18H25N3/c1-15(14-21-11-5-2-6-12-21)13-20-18-9-10-19-17-8-4-3-7-16(17)18/h3-4,7-10,15H,2,5-6,11-14H2,1H3,(H,19,20). The van der Waals surface area contributed by atoms with Crippen molar-refractivity contribution < 1.29 is 0 Å². The molecule has 2 aromatic rings. The fourth-order valence-electron chi connectivity index (χ4n) is 3.18. The molecule has 1 aliphatic heterocycles. The predicted octanol–water partition coefficient (Wildman–Crippen LogP) is 3.77. The molecule has 1 unspecified atom stereocenters. The van der Waals surface area contributed by atoms with Crippen LogP contribution in [0.4, 0.5) is 5.69 Å². The van der Waals surface area contributed by atoms with Crippen molar-refractivity contribution in [3.63, 3.8) is 0 Å². The van der Waals surface area contributed by atoms with E-state index in [1.165, 1.54) is 50.0 Å². The van der Waals surface area contributed by atoms with Crippen molar-refractivity contribution in [2.24, 2.45) is 5.92 Å². The Morgan fingerprint density at radius 1 is 1.14 bits per heavy atom. The number of likely N-dealkylation sites (tertiary alicyclic amines) is 1. The molecule has 0 radical (unpaired) electrons. The fourth-order valence-corrected chi connectivity index (χ4v) is 3.18. The largest absolute Gasteiger partial charge is 0.384 e. The molecule has 0 aliphatic carbocycles. The first-order chi connectivity index (χ1) is 10.3. The number of aromatic nitrogens is 1. The topological polar surface area (TPSA) is 28.2 Å². The SMILES string of the molecule is CC(CNc1ccnc2ccccc12)CN1CCCCC1. The molecule has 2 heterocycles. The van der Waals surface area contributed by atoms with Gasteiger partial charge in [-0.1, -0.05) is 31.5 Å². The number of nitrogens with zero attached hydrogens (tertiary/aromatic N) is 2. The van der Waals surface area contributed by atoms with Crippen molar-refractivity contribution in [1.82, 2.24) is 9.88 Å². The van der Waals surface area contributed by atoms with E-state index in [0.29, 0.717) is 5.92 Å². The molecule has 1 aromatic carbocycles. The van der Waals surface area contributed by atoms with E-state index in [2.05, 4.69) is 46.4 Å². The van der Waals surface area contributed by atoms with Crippen LogP contribution in [0.5, 0.6) is 0 Å². The highest BCUT2D eigenvalue weighted by Gasteiger charge is 2.13. The van der Waals surface area contributed by atoms with Gasteiger partial charge < -0.3 is 10.2 Å². The highest BCUT2D eigenvalue weighted by Crippen LogP contribution is 2.21. The molecule has 0 bridgehead atoms. The van der Waals surface area contributed by atoms with Gasteiger partial charge in [0.05, 0.1) is 5.52 Å². The maximum atomic E-state index is 4.41. The van der Waals surface area contributed by atoms with Crippen molar-refractivity contribution in [2.75, 3.05) is 31.5 Å². The average Bonchev–Trinajstić information content (AvgIpc) is 2.54. The molecule has 3 nitrogen and oxygen atoms in total. The van der Waals surface area contributed by atoms with Crippen molar-refractivity contribution in [3.05, 3.63) is 36.5 Å². The Kier molecular flexibility index (Phi) is 4.71. The van der Waals surface area contributed by atoms with Crippen LogP contribution in [0.25, 0.3) is 10.9 Å². The first-order valence-corrected chi connectivity index (χ1v) is 8.13. The van der Waals surface area contributed by atoms with Gasteiger partial charge in [0, 0.05) is 30.4 Å². The lowest BCUT2D eigenvalue weighted by Gasteiger charge is -2.29. The van der Waals surface area contributed by atoms with E-state index in [-0.39, 0.29) is 0 Å². The number of piperidine rings is 1. The van der Waals surface area contributed by atoms with Gasteiger partial charge in [0.25, 0.3) is 0 Å². The van der Waals surface area contributed by atoms with Gasteiger partial charge in [-0.3, -0.25) is 4.98 Å². The molecule has 1 N–H and O–H groups in total. The minimum atomic E-state index is 0.662. The molecule has 0 saturated carbocycles. The quantitative estimate of drug-likeness (QED) is 0.905. The summed E-state index contributed by atoms with van der Waals surface area (Å²) in [7, 11) is 0. The molecule has 112 valence electrons. The normalized spacial score (nSPS) is 17.8. The minimum Gasteiger partial charge on any atom is -0.384 e. The second kappa shape index (κ2) is 6.90. The van der Waals surface area contributed by atoms with Crippen molar-refractivity contribution in [3.8, 4) is 0 Å². The Balaban J connectivity index is 1.58. The molecule has 0 spiro atoms. The number of benzene rings is 1. The van der Waals surface area contributed by atoms with E-state index in [1.807, 2.05) is 12.3 Å². The number of fused-ring (bicyclic) bond motifs is 1. The summed E-state index contributed by atoms with van der Waals surface area (Å²) in [4.78, 5) is 7.03. The summed E-state index contributed by atoms with van der Waals surface area (Å²) in [6.45, 7) is 7.12. The maximum absolute atomic E-state index is 4.41. The van der Waals surface area contributed by atoms with Crippen LogP contribution in [-0.2, 0) is 0 Å². The molecular weight excluding hydrogens is 258 g/mol. The van der Waals surface area contributed by atoms with Gasteiger partial charge in [-0.05, 0) is 44.0 Å². The maximum Gasteiger partial charge on any atom is 0.0722 e. The van der Waals surface area contributed by atoms with Gasteiger partial charge in [0.15, 0.2) is 0 Å². The van der Waals surface area contributed by atoms with Crippen molar-refractivity contribution >= 4 is 16.6 Å². The lowest BCUT2D eigenvalue weighted by molar-refractivity contribution is 0.204. The van der Waals surface area contributed by atoms with Crippen molar-refractivity contribution in [2.45, 2.75) is 26.2 Å². The molecule has 1 aliphatic rings. The molecule has 1 fully saturated rings. The lowest BCUT2D eigenvalue weighted by Crippen LogP contribution is -2.35. The van der Waals surface area contributed by atoms with E-state index in [9.17, 15) is 0 Å². The zero-order chi connectivity index (χ0) is 14.5. The van der Waals surface area contributed by atoms with E-state index in [0.717, 1.165) is 12.1 Å². The van der Waals surface area contributed by atoms with Crippen LogP contribution in [0.3, 0.4) is 0 Å².